The second kappa shape index (κ2) is 7.24. The molecule has 1 N–H and O–H groups in total. The fourth-order valence-electron chi connectivity index (χ4n) is 3.07. The van der Waals surface area contributed by atoms with Crippen molar-refractivity contribution in [2.24, 2.45) is 0 Å². The normalized spacial score (nSPS) is 11.0. The molecule has 7 nitrogen and oxygen atoms in total. The van der Waals surface area contributed by atoms with E-state index in [1.807, 2.05) is 42.8 Å². The van der Waals surface area contributed by atoms with Crippen molar-refractivity contribution in [3.05, 3.63) is 65.1 Å². The second-order valence-corrected chi connectivity index (χ2v) is 6.75. The summed E-state index contributed by atoms with van der Waals surface area (Å²) in [5.41, 5.74) is 5.26. The monoisotopic (exact) mass is 378 g/mol. The molecule has 4 rings (SSSR count). The van der Waals surface area contributed by atoms with Crippen LogP contribution in [-0.2, 0) is 6.42 Å². The SMILES string of the molecule is Cc1nn(-c2ccccn2)c(C)c1CCNC(=O)c1ccc2nsnc2c1. The molecule has 0 spiro atoms. The van der Waals surface area contributed by atoms with Crippen molar-refractivity contribution in [3.8, 4) is 5.82 Å². The van der Waals surface area contributed by atoms with Gasteiger partial charge < -0.3 is 5.32 Å². The van der Waals surface area contributed by atoms with Crippen LogP contribution in [0.25, 0.3) is 16.9 Å². The number of carbonyl (C=O) groups excluding carboxylic acids is 1. The maximum absolute atomic E-state index is 12.4. The van der Waals surface area contributed by atoms with E-state index >= 15 is 0 Å². The van der Waals surface area contributed by atoms with Crippen LogP contribution >= 0.6 is 11.7 Å². The third kappa shape index (κ3) is 3.43. The molecule has 0 unspecified atom stereocenters. The summed E-state index contributed by atoms with van der Waals surface area (Å²) in [5.74, 6) is 0.677. The quantitative estimate of drug-likeness (QED) is 0.577. The van der Waals surface area contributed by atoms with Crippen molar-refractivity contribution in [3.63, 3.8) is 0 Å². The number of carbonyl (C=O) groups is 1. The molecule has 0 bridgehead atoms. The molecule has 0 fully saturated rings. The molecule has 3 aromatic heterocycles. The summed E-state index contributed by atoms with van der Waals surface area (Å²) in [6.45, 7) is 4.53. The molecule has 136 valence electrons. The molecule has 1 aromatic carbocycles. The molecule has 27 heavy (non-hydrogen) atoms. The fraction of sp³-hybridized carbons (Fsp3) is 0.211. The van der Waals surface area contributed by atoms with Crippen LogP contribution in [0.1, 0.15) is 27.3 Å². The molecule has 0 aliphatic carbocycles. The summed E-state index contributed by atoms with van der Waals surface area (Å²) >= 11 is 1.15. The van der Waals surface area contributed by atoms with Gasteiger partial charge in [-0.15, -0.1) is 0 Å². The predicted octanol–water partition coefficient (Wildman–Crippen LogP) is 2.86. The molecular formula is C19H18N6OS. The van der Waals surface area contributed by atoms with Gasteiger partial charge in [-0.25, -0.2) is 9.67 Å². The van der Waals surface area contributed by atoms with E-state index in [0.29, 0.717) is 18.5 Å². The van der Waals surface area contributed by atoms with E-state index in [1.165, 1.54) is 0 Å². The minimum Gasteiger partial charge on any atom is -0.352 e. The minimum absolute atomic E-state index is 0.114. The lowest BCUT2D eigenvalue weighted by atomic mass is 10.1. The molecule has 0 atom stereocenters. The highest BCUT2D eigenvalue weighted by molar-refractivity contribution is 7.00. The zero-order valence-electron chi connectivity index (χ0n) is 15.0. The number of hydrogen-bond acceptors (Lipinski definition) is 6. The van der Waals surface area contributed by atoms with Crippen LogP contribution in [0.5, 0.6) is 0 Å². The number of hydrogen-bond donors (Lipinski definition) is 1. The van der Waals surface area contributed by atoms with Crippen LogP contribution in [0, 0.1) is 13.8 Å². The molecule has 0 saturated carbocycles. The number of benzene rings is 1. The topological polar surface area (TPSA) is 85.6 Å². The number of pyridine rings is 1. The minimum atomic E-state index is -0.114. The van der Waals surface area contributed by atoms with E-state index in [4.69, 9.17) is 0 Å². The number of nitrogens with zero attached hydrogens (tertiary/aromatic N) is 5. The van der Waals surface area contributed by atoms with Gasteiger partial charge in [0.2, 0.25) is 0 Å². The van der Waals surface area contributed by atoms with Crippen LogP contribution in [0.3, 0.4) is 0 Å². The highest BCUT2D eigenvalue weighted by Gasteiger charge is 2.14. The van der Waals surface area contributed by atoms with Crippen molar-refractivity contribution in [1.82, 2.24) is 28.8 Å². The molecule has 0 saturated heterocycles. The van der Waals surface area contributed by atoms with Crippen LogP contribution in [0.15, 0.2) is 42.6 Å². The second-order valence-electron chi connectivity index (χ2n) is 6.22. The zero-order chi connectivity index (χ0) is 18.8. The Bertz CT molecular complexity index is 1100. The lowest BCUT2D eigenvalue weighted by molar-refractivity contribution is 0.0954. The first-order valence-electron chi connectivity index (χ1n) is 8.60. The average Bonchev–Trinajstić information content (AvgIpc) is 3.27. The Hall–Kier alpha value is -3.13. The first-order chi connectivity index (χ1) is 13.1. The Labute approximate surface area is 160 Å². The predicted molar refractivity (Wildman–Crippen MR) is 104 cm³/mol. The smallest absolute Gasteiger partial charge is 0.251 e. The Kier molecular flexibility index (Phi) is 4.64. The fourth-order valence-corrected chi connectivity index (χ4v) is 3.58. The van der Waals surface area contributed by atoms with Gasteiger partial charge in [-0.2, -0.15) is 13.8 Å². The third-order valence-corrected chi connectivity index (χ3v) is 5.04. The number of aromatic nitrogens is 5. The summed E-state index contributed by atoms with van der Waals surface area (Å²) in [5, 5.41) is 7.56. The Balaban J connectivity index is 1.44. The van der Waals surface area contributed by atoms with Crippen LogP contribution in [0.4, 0.5) is 0 Å². The Morgan fingerprint density at radius 1 is 1.15 bits per heavy atom. The molecular weight excluding hydrogens is 360 g/mol. The Morgan fingerprint density at radius 3 is 2.81 bits per heavy atom. The highest BCUT2D eigenvalue weighted by atomic mass is 32.1. The lowest BCUT2D eigenvalue weighted by Crippen LogP contribution is -2.25. The molecule has 8 heteroatoms. The summed E-state index contributed by atoms with van der Waals surface area (Å²) in [4.78, 5) is 16.8. The van der Waals surface area contributed by atoms with Crippen molar-refractivity contribution in [2.45, 2.75) is 20.3 Å². The summed E-state index contributed by atoms with van der Waals surface area (Å²) in [6, 6.07) is 11.1. The molecule has 0 aliphatic rings. The maximum Gasteiger partial charge on any atom is 0.251 e. The van der Waals surface area contributed by atoms with Gasteiger partial charge in [-0.05, 0) is 56.2 Å². The van der Waals surface area contributed by atoms with Gasteiger partial charge in [0.25, 0.3) is 5.91 Å². The Morgan fingerprint density at radius 2 is 2.00 bits per heavy atom. The van der Waals surface area contributed by atoms with E-state index in [9.17, 15) is 4.79 Å². The van der Waals surface area contributed by atoms with Gasteiger partial charge in [0, 0.05) is 24.0 Å². The number of rotatable bonds is 5. The molecule has 0 aliphatic heterocycles. The van der Waals surface area contributed by atoms with Crippen molar-refractivity contribution in [2.75, 3.05) is 6.54 Å². The first kappa shape index (κ1) is 17.3. The highest BCUT2D eigenvalue weighted by Crippen LogP contribution is 2.17. The zero-order valence-corrected chi connectivity index (χ0v) is 15.8. The maximum atomic E-state index is 12.4. The number of aryl methyl sites for hydroxylation is 1. The van der Waals surface area contributed by atoms with E-state index in [0.717, 1.165) is 45.5 Å². The van der Waals surface area contributed by atoms with Gasteiger partial charge in [-0.1, -0.05) is 6.07 Å². The summed E-state index contributed by atoms with van der Waals surface area (Å²) in [6.07, 6.45) is 2.46. The van der Waals surface area contributed by atoms with Crippen LogP contribution < -0.4 is 5.32 Å². The first-order valence-corrected chi connectivity index (χ1v) is 9.33. The van der Waals surface area contributed by atoms with E-state index in [2.05, 4.69) is 24.1 Å². The van der Waals surface area contributed by atoms with Gasteiger partial charge in [0.15, 0.2) is 5.82 Å². The van der Waals surface area contributed by atoms with Gasteiger partial charge in [0.05, 0.1) is 17.4 Å². The van der Waals surface area contributed by atoms with Crippen molar-refractivity contribution < 1.29 is 4.79 Å². The molecule has 0 radical (unpaired) electrons. The van der Waals surface area contributed by atoms with Gasteiger partial charge >= 0.3 is 0 Å². The standard InChI is InChI=1S/C19H18N6OS/c1-12-15(13(2)25(22-12)18-5-3-4-9-20-18)8-10-21-19(26)14-6-7-16-17(11-14)24-27-23-16/h3-7,9,11H,8,10H2,1-2H3,(H,21,26). The van der Waals surface area contributed by atoms with E-state index in [-0.39, 0.29) is 5.91 Å². The largest absolute Gasteiger partial charge is 0.352 e. The summed E-state index contributed by atoms with van der Waals surface area (Å²) < 4.78 is 10.2. The van der Waals surface area contributed by atoms with Gasteiger partial charge in [-0.3, -0.25) is 4.79 Å². The molecule has 1 amide bonds. The number of amides is 1. The lowest BCUT2D eigenvalue weighted by Gasteiger charge is -2.07. The van der Waals surface area contributed by atoms with Crippen molar-refractivity contribution >= 4 is 28.7 Å². The van der Waals surface area contributed by atoms with E-state index < -0.39 is 0 Å². The number of fused-ring (bicyclic) bond motifs is 1. The average molecular weight is 378 g/mol. The molecule has 4 aromatic rings. The van der Waals surface area contributed by atoms with Crippen LogP contribution in [0.2, 0.25) is 0 Å². The molecule has 3 heterocycles. The van der Waals surface area contributed by atoms with Gasteiger partial charge in [0.1, 0.15) is 11.0 Å². The van der Waals surface area contributed by atoms with Crippen molar-refractivity contribution in [1.29, 1.82) is 0 Å². The number of nitrogens with one attached hydrogen (secondary N) is 1. The van der Waals surface area contributed by atoms with E-state index in [1.54, 1.807) is 18.3 Å². The van der Waals surface area contributed by atoms with Crippen LogP contribution in [-0.4, -0.2) is 36.0 Å². The summed E-state index contributed by atoms with van der Waals surface area (Å²) in [7, 11) is 0. The third-order valence-electron chi connectivity index (χ3n) is 4.48.